The van der Waals surface area contributed by atoms with Crippen molar-refractivity contribution in [3.63, 3.8) is 0 Å². The molecule has 0 unspecified atom stereocenters. The smallest absolute Gasteiger partial charge is 0.493 e. The summed E-state index contributed by atoms with van der Waals surface area (Å²) in [5.41, 5.74) is 18.8. The Bertz CT molecular complexity index is 942. The third-order valence-electron chi connectivity index (χ3n) is 6.46. The number of unbranched alkanes of at least 4 members (excludes halogenated alkanes) is 6. The van der Waals surface area contributed by atoms with Gasteiger partial charge in [0.1, 0.15) is 0 Å². The first kappa shape index (κ1) is 36.2. The van der Waals surface area contributed by atoms with Crippen LogP contribution < -0.4 is 0 Å². The van der Waals surface area contributed by atoms with Gasteiger partial charge in [-0.15, -0.1) is 0 Å². The summed E-state index contributed by atoms with van der Waals surface area (Å²) >= 11 is 0. The molecule has 0 radical (unpaired) electrons. The van der Waals surface area contributed by atoms with Crippen molar-refractivity contribution in [2.45, 2.75) is 112 Å². The first-order valence-electron chi connectivity index (χ1n) is 14.7. The van der Waals surface area contributed by atoms with E-state index in [0.717, 1.165) is 61.0 Å². The van der Waals surface area contributed by atoms with Gasteiger partial charge in [0.25, 0.3) is 0 Å². The van der Waals surface area contributed by atoms with Crippen LogP contribution in [-0.4, -0.2) is 4.70 Å². The maximum absolute atomic E-state index is 11.0. The van der Waals surface area contributed by atoms with E-state index in [1.54, 1.807) is 0 Å². The number of rotatable bonds is 12. The molecule has 1 aliphatic rings. The van der Waals surface area contributed by atoms with Crippen LogP contribution in [0.15, 0.2) is 60.2 Å². The summed E-state index contributed by atoms with van der Waals surface area (Å²) in [4.78, 5) is 0. The molecule has 0 saturated carbocycles. The van der Waals surface area contributed by atoms with Gasteiger partial charge in [-0.25, -0.2) is 4.70 Å². The summed E-state index contributed by atoms with van der Waals surface area (Å²) in [5.74, 6) is 0. The normalized spacial score (nSPS) is 12.2. The molecule has 0 fully saturated rings. The Hall–Kier alpha value is -1.82. The number of aryl methyl sites for hydroxylation is 2. The molecule has 0 atom stereocenters. The molecular formula is C35H52N2Pd. The van der Waals surface area contributed by atoms with E-state index >= 15 is 0 Å². The number of hydrogen-bond donors (Lipinski definition) is 0. The minimum atomic E-state index is 0. The molecule has 0 spiro atoms. The van der Waals surface area contributed by atoms with Gasteiger partial charge in [0.2, 0.25) is 11.4 Å². The van der Waals surface area contributed by atoms with Crippen LogP contribution in [0.3, 0.4) is 0 Å². The van der Waals surface area contributed by atoms with Gasteiger partial charge < -0.3 is 19.4 Å². The predicted molar refractivity (Wildman–Crippen MR) is 164 cm³/mol. The van der Waals surface area contributed by atoms with Crippen LogP contribution in [0.5, 0.6) is 0 Å². The van der Waals surface area contributed by atoms with Crippen molar-refractivity contribution in [2.24, 2.45) is 0 Å². The zero-order chi connectivity index (χ0) is 27.5. The second kappa shape index (κ2) is 22.0. The van der Waals surface area contributed by atoms with Crippen molar-refractivity contribution in [3.05, 3.63) is 102 Å². The van der Waals surface area contributed by atoms with Crippen molar-refractivity contribution < 1.29 is 25.1 Å². The maximum atomic E-state index is 11.0. The molecule has 3 heteroatoms. The Morgan fingerprint density at radius 1 is 0.658 bits per heavy atom. The summed E-state index contributed by atoms with van der Waals surface area (Å²) < 4.78 is 1.39. The quantitative estimate of drug-likeness (QED) is 0.130. The van der Waals surface area contributed by atoms with E-state index in [9.17, 15) is 5.53 Å². The van der Waals surface area contributed by atoms with Gasteiger partial charge in [0.05, 0.1) is 0 Å². The van der Waals surface area contributed by atoms with E-state index in [1.807, 2.05) is 0 Å². The van der Waals surface area contributed by atoms with Crippen LogP contribution in [0, 0.1) is 20.8 Å². The van der Waals surface area contributed by atoms with Crippen molar-refractivity contribution in [3.8, 4) is 0 Å². The van der Waals surface area contributed by atoms with Crippen LogP contribution >= 0.6 is 0 Å². The molecule has 0 aromatic heterocycles. The fourth-order valence-electron chi connectivity index (χ4n) is 4.06. The molecule has 3 rings (SSSR count). The molecule has 0 bridgehead atoms. The zero-order valence-electron chi connectivity index (χ0n) is 24.8. The van der Waals surface area contributed by atoms with Gasteiger partial charge in [-0.3, -0.25) is 0 Å². The Morgan fingerprint density at radius 3 is 1.58 bits per heavy atom. The molecule has 2 aromatic rings. The summed E-state index contributed by atoms with van der Waals surface area (Å²) in [6, 6.07) is 17.1. The fourth-order valence-corrected chi connectivity index (χ4v) is 4.06. The summed E-state index contributed by atoms with van der Waals surface area (Å²) in [6.45, 7) is 18.2. The molecule has 38 heavy (non-hydrogen) atoms. The molecule has 2 aromatic carbocycles. The Kier molecular flexibility index (Phi) is 21.0. The van der Waals surface area contributed by atoms with Crippen molar-refractivity contribution in [1.82, 2.24) is 0 Å². The summed E-state index contributed by atoms with van der Waals surface area (Å²) in [5, 5.41) is 0. The Morgan fingerprint density at radius 2 is 1.13 bits per heavy atom. The maximum Gasteiger partial charge on any atom is 2.00 e. The van der Waals surface area contributed by atoms with E-state index in [1.165, 1.54) is 59.9 Å². The molecule has 0 saturated heterocycles. The first-order chi connectivity index (χ1) is 18.0. The van der Waals surface area contributed by atoms with Crippen molar-refractivity contribution >= 4 is 11.4 Å². The number of allylic oxidation sites excluding steroid dienone is 2. The summed E-state index contributed by atoms with van der Waals surface area (Å²) in [6.07, 6.45) is 16.3. The van der Waals surface area contributed by atoms with E-state index in [4.69, 9.17) is 0 Å². The molecular weight excluding hydrogens is 555 g/mol. The van der Waals surface area contributed by atoms with Gasteiger partial charge in [0, 0.05) is 22.8 Å². The van der Waals surface area contributed by atoms with E-state index in [-0.39, 0.29) is 20.4 Å². The average molecular weight is 607 g/mol. The van der Waals surface area contributed by atoms with Gasteiger partial charge in [-0.05, 0) is 62.4 Å². The molecule has 212 valence electrons. The number of hydrogen-bond acceptors (Lipinski definition) is 0. The fraction of sp³-hybridized carbons (Fsp3) is 0.486. The number of benzene rings is 2. The van der Waals surface area contributed by atoms with Crippen LogP contribution in [-0.2, 0) is 26.8 Å². The largest absolute Gasteiger partial charge is 2.00 e. The summed E-state index contributed by atoms with van der Waals surface area (Å²) in [7, 11) is 0. The molecule has 2 nitrogen and oxygen atoms in total. The minimum absolute atomic E-state index is 0. The zero-order valence-corrected chi connectivity index (χ0v) is 26.4. The van der Waals surface area contributed by atoms with Gasteiger partial charge >= 0.3 is 20.4 Å². The van der Waals surface area contributed by atoms with Gasteiger partial charge in [0.15, 0.2) is 0 Å². The van der Waals surface area contributed by atoms with Crippen molar-refractivity contribution in [1.29, 1.82) is 0 Å². The minimum Gasteiger partial charge on any atom is -0.493 e. The Balaban J connectivity index is 0.00000107. The van der Waals surface area contributed by atoms with Crippen LogP contribution in [0.4, 0.5) is 0 Å². The van der Waals surface area contributed by atoms with Gasteiger partial charge in [-0.1, -0.05) is 96.0 Å². The predicted octanol–water partition coefficient (Wildman–Crippen LogP) is 11.3. The Labute approximate surface area is 249 Å². The molecule has 0 N–H and O–H groups in total. The molecule has 0 amide bonds. The number of nitrogens with zero attached hydrogens (tertiary/aromatic N) is 2. The molecule has 1 heterocycles. The third-order valence-corrected chi connectivity index (χ3v) is 6.46. The van der Waals surface area contributed by atoms with E-state index in [0.29, 0.717) is 0 Å². The van der Waals surface area contributed by atoms with E-state index < -0.39 is 0 Å². The molecule has 0 aliphatic carbocycles. The van der Waals surface area contributed by atoms with Gasteiger partial charge in [-0.2, -0.15) is 12.8 Å². The topological polar surface area (TPSA) is 25.3 Å². The third kappa shape index (κ3) is 12.8. The SMILES string of the molecule is CCCCC1=C(c2ccc(CCCC)cc2)[N+](=[N-])C(c2ccc(C)cc2)=C1.[CH2-]CCCC.[CH2-]CCCC.[Pd+2]. The van der Waals surface area contributed by atoms with Crippen LogP contribution in [0.25, 0.3) is 16.9 Å². The van der Waals surface area contributed by atoms with E-state index in [2.05, 4.69) is 103 Å². The second-order valence-electron chi connectivity index (χ2n) is 9.90. The molecule has 1 aliphatic heterocycles. The first-order valence-corrected chi connectivity index (χ1v) is 14.7. The average Bonchev–Trinajstić information content (AvgIpc) is 3.24. The second-order valence-corrected chi connectivity index (χ2v) is 9.90. The van der Waals surface area contributed by atoms with Crippen LogP contribution in [0.1, 0.15) is 121 Å². The monoisotopic (exact) mass is 606 g/mol. The van der Waals surface area contributed by atoms with Crippen LogP contribution in [0.2, 0.25) is 0 Å². The standard InChI is InChI=1S/C25H30N2.2C5H11.Pd/c1-4-6-8-20-12-16-22(17-13-20)25-23(9-7-5-2)18-24(27(25)26)21-14-10-19(3)11-15-21;2*1-3-5-4-2;/h10-18H,4-9H2,1-3H3;2*1,3-5H2,2H3;/q;2*-1;+2. The van der Waals surface area contributed by atoms with Crippen molar-refractivity contribution in [2.75, 3.05) is 0 Å².